The Balaban J connectivity index is 0.00000156. The minimum Gasteiger partial charge on any atom is -0.440 e. The molecule has 6 heteroatoms. The Morgan fingerprint density at radius 1 is 1.30 bits per heavy atom. The standard InChI is InChI=1S/C17H21N3O2.ClH/c18-9-11-2-1-3-13(11)16(21)19-12-6-7-14-15(8-12)22-17(20-14)10-4-5-10;/h6-8,10-11,13H,1-5,9,18H2,(H,19,21);1H/t11-,13-;/m1./s1. The van der Waals surface area contributed by atoms with Crippen molar-refractivity contribution in [2.45, 2.75) is 38.0 Å². The van der Waals surface area contributed by atoms with Crippen LogP contribution in [0.4, 0.5) is 5.69 Å². The summed E-state index contributed by atoms with van der Waals surface area (Å²) in [5.74, 6) is 1.76. The maximum absolute atomic E-state index is 12.4. The summed E-state index contributed by atoms with van der Waals surface area (Å²) in [6.07, 6.45) is 5.41. The molecule has 2 atom stereocenters. The highest BCUT2D eigenvalue weighted by Crippen LogP contribution is 2.40. The molecule has 5 nitrogen and oxygen atoms in total. The van der Waals surface area contributed by atoms with Gasteiger partial charge in [0.05, 0.1) is 0 Å². The van der Waals surface area contributed by atoms with Gasteiger partial charge in [-0.15, -0.1) is 12.4 Å². The van der Waals surface area contributed by atoms with E-state index in [2.05, 4.69) is 10.3 Å². The van der Waals surface area contributed by atoms with Crippen LogP contribution in [-0.2, 0) is 4.79 Å². The lowest BCUT2D eigenvalue weighted by molar-refractivity contribution is -0.120. The largest absolute Gasteiger partial charge is 0.440 e. The Morgan fingerprint density at radius 3 is 2.87 bits per heavy atom. The van der Waals surface area contributed by atoms with Gasteiger partial charge in [0.25, 0.3) is 0 Å². The van der Waals surface area contributed by atoms with Gasteiger partial charge in [0.15, 0.2) is 11.5 Å². The molecule has 2 aliphatic carbocycles. The van der Waals surface area contributed by atoms with Gasteiger partial charge in [0.2, 0.25) is 5.91 Å². The van der Waals surface area contributed by atoms with E-state index in [0.717, 1.165) is 41.9 Å². The first kappa shape index (κ1) is 16.3. The fourth-order valence-corrected chi connectivity index (χ4v) is 3.42. The first-order valence-electron chi connectivity index (χ1n) is 8.16. The number of aromatic nitrogens is 1. The summed E-state index contributed by atoms with van der Waals surface area (Å²) in [6.45, 7) is 0.587. The Bertz CT molecular complexity index is 711. The summed E-state index contributed by atoms with van der Waals surface area (Å²) < 4.78 is 5.80. The fraction of sp³-hybridized carbons (Fsp3) is 0.529. The van der Waals surface area contributed by atoms with E-state index in [0.29, 0.717) is 18.4 Å². The Morgan fingerprint density at radius 2 is 2.13 bits per heavy atom. The highest BCUT2D eigenvalue weighted by atomic mass is 35.5. The van der Waals surface area contributed by atoms with E-state index in [9.17, 15) is 4.79 Å². The molecule has 2 aromatic rings. The zero-order valence-corrected chi connectivity index (χ0v) is 13.8. The van der Waals surface area contributed by atoms with Crippen LogP contribution in [0.25, 0.3) is 11.1 Å². The van der Waals surface area contributed by atoms with Crippen molar-refractivity contribution >= 4 is 35.1 Å². The lowest BCUT2D eigenvalue weighted by Gasteiger charge is -2.17. The predicted octanol–water partition coefficient (Wildman–Crippen LogP) is 3.44. The number of oxazole rings is 1. The zero-order chi connectivity index (χ0) is 15.1. The number of hydrogen-bond donors (Lipinski definition) is 2. The zero-order valence-electron chi connectivity index (χ0n) is 13.0. The second-order valence-electron chi connectivity index (χ2n) is 6.53. The van der Waals surface area contributed by atoms with Gasteiger partial charge >= 0.3 is 0 Å². The summed E-state index contributed by atoms with van der Waals surface area (Å²) >= 11 is 0. The number of benzene rings is 1. The van der Waals surface area contributed by atoms with E-state index in [4.69, 9.17) is 10.2 Å². The number of halogens is 1. The van der Waals surface area contributed by atoms with Crippen molar-refractivity contribution in [2.24, 2.45) is 17.6 Å². The Kier molecular flexibility index (Phi) is 4.60. The molecule has 1 heterocycles. The molecule has 1 aromatic heterocycles. The summed E-state index contributed by atoms with van der Waals surface area (Å²) in [5, 5.41) is 3.01. The fourth-order valence-electron chi connectivity index (χ4n) is 3.42. The van der Waals surface area contributed by atoms with E-state index in [1.54, 1.807) is 0 Å². The molecule has 2 saturated carbocycles. The van der Waals surface area contributed by atoms with E-state index >= 15 is 0 Å². The van der Waals surface area contributed by atoms with Crippen LogP contribution in [0.3, 0.4) is 0 Å². The summed E-state index contributed by atoms with van der Waals surface area (Å²) in [6, 6.07) is 5.68. The second kappa shape index (κ2) is 6.49. The average Bonchev–Trinajstić information content (AvgIpc) is 3.11. The lowest BCUT2D eigenvalue weighted by Crippen LogP contribution is -2.29. The Labute approximate surface area is 141 Å². The van der Waals surface area contributed by atoms with Crippen LogP contribution < -0.4 is 11.1 Å². The van der Waals surface area contributed by atoms with E-state index in [1.807, 2.05) is 18.2 Å². The van der Waals surface area contributed by atoms with Crippen molar-refractivity contribution in [3.8, 4) is 0 Å². The van der Waals surface area contributed by atoms with Crippen LogP contribution in [-0.4, -0.2) is 17.4 Å². The van der Waals surface area contributed by atoms with Crippen molar-refractivity contribution < 1.29 is 9.21 Å². The number of carbonyl (C=O) groups is 1. The minimum absolute atomic E-state index is 0. The molecule has 2 aliphatic rings. The number of fused-ring (bicyclic) bond motifs is 1. The highest BCUT2D eigenvalue weighted by molar-refractivity contribution is 5.94. The molecule has 1 aromatic carbocycles. The first-order valence-corrected chi connectivity index (χ1v) is 8.16. The predicted molar refractivity (Wildman–Crippen MR) is 91.7 cm³/mol. The topological polar surface area (TPSA) is 81.2 Å². The molecule has 0 radical (unpaired) electrons. The molecule has 2 fully saturated rings. The molecule has 1 amide bonds. The van der Waals surface area contributed by atoms with E-state index < -0.39 is 0 Å². The third-order valence-corrected chi connectivity index (χ3v) is 4.90. The smallest absolute Gasteiger partial charge is 0.227 e. The number of anilines is 1. The van der Waals surface area contributed by atoms with Crippen molar-refractivity contribution in [3.63, 3.8) is 0 Å². The number of amides is 1. The maximum atomic E-state index is 12.4. The van der Waals surface area contributed by atoms with Gasteiger partial charge in [-0.2, -0.15) is 0 Å². The molecule has 0 bridgehead atoms. The normalized spacial score (nSPS) is 23.7. The number of carbonyl (C=O) groups excluding carboxylic acids is 1. The SMILES string of the molecule is Cl.NC[C@H]1CCC[C@H]1C(=O)Nc1ccc2nc(C3CC3)oc2c1. The average molecular weight is 336 g/mol. The number of nitrogens with one attached hydrogen (secondary N) is 1. The van der Waals surface area contributed by atoms with Crippen LogP contribution in [0.15, 0.2) is 22.6 Å². The summed E-state index contributed by atoms with van der Waals surface area (Å²) in [7, 11) is 0. The van der Waals surface area contributed by atoms with Crippen LogP contribution in [0.5, 0.6) is 0 Å². The van der Waals surface area contributed by atoms with Crippen LogP contribution in [0.2, 0.25) is 0 Å². The molecule has 0 spiro atoms. The number of nitrogens with zero attached hydrogens (tertiary/aromatic N) is 1. The molecule has 0 aliphatic heterocycles. The number of rotatable bonds is 4. The quantitative estimate of drug-likeness (QED) is 0.896. The highest BCUT2D eigenvalue weighted by Gasteiger charge is 2.32. The van der Waals surface area contributed by atoms with E-state index in [-0.39, 0.29) is 24.2 Å². The van der Waals surface area contributed by atoms with Crippen LogP contribution in [0, 0.1) is 11.8 Å². The third kappa shape index (κ3) is 3.21. The van der Waals surface area contributed by atoms with Gasteiger partial charge in [-0.25, -0.2) is 4.98 Å². The minimum atomic E-state index is 0. The summed E-state index contributed by atoms with van der Waals surface area (Å²) in [5.41, 5.74) is 8.15. The molecule has 0 saturated heterocycles. The van der Waals surface area contributed by atoms with Crippen LogP contribution >= 0.6 is 12.4 Å². The van der Waals surface area contributed by atoms with Gasteiger partial charge in [0, 0.05) is 23.6 Å². The van der Waals surface area contributed by atoms with Crippen LogP contribution in [0.1, 0.15) is 43.9 Å². The third-order valence-electron chi connectivity index (χ3n) is 4.90. The number of nitrogens with two attached hydrogens (primary N) is 1. The Hall–Kier alpha value is -1.59. The maximum Gasteiger partial charge on any atom is 0.227 e. The molecule has 23 heavy (non-hydrogen) atoms. The molecule has 3 N–H and O–H groups in total. The molecular weight excluding hydrogens is 314 g/mol. The number of hydrogen-bond acceptors (Lipinski definition) is 4. The molecule has 4 rings (SSSR count). The van der Waals surface area contributed by atoms with Gasteiger partial charge in [-0.1, -0.05) is 6.42 Å². The molecule has 0 unspecified atom stereocenters. The van der Waals surface area contributed by atoms with Crippen molar-refractivity contribution in [1.82, 2.24) is 4.98 Å². The monoisotopic (exact) mass is 335 g/mol. The van der Waals surface area contributed by atoms with Gasteiger partial charge < -0.3 is 15.5 Å². The van der Waals surface area contributed by atoms with E-state index in [1.165, 1.54) is 12.8 Å². The second-order valence-corrected chi connectivity index (χ2v) is 6.53. The lowest BCUT2D eigenvalue weighted by atomic mass is 9.95. The summed E-state index contributed by atoms with van der Waals surface area (Å²) in [4.78, 5) is 16.9. The van der Waals surface area contributed by atoms with Gasteiger partial charge in [-0.3, -0.25) is 4.79 Å². The van der Waals surface area contributed by atoms with Crippen molar-refractivity contribution in [1.29, 1.82) is 0 Å². The molecule has 124 valence electrons. The first-order chi connectivity index (χ1) is 10.7. The molecular formula is C17H22ClN3O2. The van der Waals surface area contributed by atoms with Crippen molar-refractivity contribution in [3.05, 3.63) is 24.1 Å². The van der Waals surface area contributed by atoms with Gasteiger partial charge in [0.1, 0.15) is 5.52 Å². The van der Waals surface area contributed by atoms with Gasteiger partial charge in [-0.05, 0) is 50.3 Å². The van der Waals surface area contributed by atoms with Crippen molar-refractivity contribution in [2.75, 3.05) is 11.9 Å².